The summed E-state index contributed by atoms with van der Waals surface area (Å²) in [5, 5.41) is 0. The molecule has 1 N–H and O–H groups in total. The number of likely N-dealkylation sites (N-methyl/N-ethyl adjacent to an activating group) is 1. The molecule has 1 aliphatic heterocycles. The summed E-state index contributed by atoms with van der Waals surface area (Å²) in [6, 6.07) is 14.6. The highest BCUT2D eigenvalue weighted by Gasteiger charge is 2.44. The summed E-state index contributed by atoms with van der Waals surface area (Å²) in [6.45, 7) is 0.738. The van der Waals surface area contributed by atoms with E-state index in [0.29, 0.717) is 17.2 Å². The van der Waals surface area contributed by atoms with Crippen LogP contribution in [0.2, 0.25) is 0 Å². The molecule has 27 heavy (non-hydrogen) atoms. The fourth-order valence-electron chi connectivity index (χ4n) is 3.42. The lowest BCUT2D eigenvalue weighted by atomic mass is 10.1. The van der Waals surface area contributed by atoms with Crippen LogP contribution in [0.4, 0.5) is 5.69 Å². The second-order valence-electron chi connectivity index (χ2n) is 6.70. The van der Waals surface area contributed by atoms with E-state index < -0.39 is 0 Å². The van der Waals surface area contributed by atoms with Gasteiger partial charge in [-0.25, -0.2) is 4.90 Å². The van der Waals surface area contributed by atoms with E-state index in [9.17, 15) is 9.59 Å². The normalized spacial score (nSPS) is 17.9. The first kappa shape index (κ1) is 18.9. The van der Waals surface area contributed by atoms with Gasteiger partial charge in [-0.15, -0.1) is 0 Å². The van der Waals surface area contributed by atoms with Gasteiger partial charge in [0.25, 0.3) is 5.91 Å². The van der Waals surface area contributed by atoms with Crippen molar-refractivity contribution in [3.05, 3.63) is 54.1 Å². The summed E-state index contributed by atoms with van der Waals surface area (Å²) in [5.74, 6) is 1.12. The van der Waals surface area contributed by atoms with Crippen molar-refractivity contribution in [2.75, 3.05) is 32.7 Å². The molecule has 1 fully saturated rings. The van der Waals surface area contributed by atoms with Crippen molar-refractivity contribution in [2.24, 2.45) is 0 Å². The number of methoxy groups -OCH3 is 2. The first-order valence-corrected chi connectivity index (χ1v) is 9.00. The Morgan fingerprint density at radius 1 is 1.04 bits per heavy atom. The predicted octanol–water partition coefficient (Wildman–Crippen LogP) is 1.09. The number of quaternary nitrogens is 1. The van der Waals surface area contributed by atoms with Crippen LogP contribution in [0.1, 0.15) is 12.0 Å². The van der Waals surface area contributed by atoms with Crippen molar-refractivity contribution in [2.45, 2.75) is 18.9 Å². The van der Waals surface area contributed by atoms with Crippen LogP contribution in [0.5, 0.6) is 11.5 Å². The van der Waals surface area contributed by atoms with Crippen LogP contribution in [0.15, 0.2) is 48.5 Å². The summed E-state index contributed by atoms with van der Waals surface area (Å²) >= 11 is 0. The van der Waals surface area contributed by atoms with E-state index in [2.05, 4.69) is 0 Å². The number of nitrogens with zero attached hydrogens (tertiary/aromatic N) is 1. The average molecular weight is 369 g/mol. The molecule has 142 valence electrons. The number of ether oxygens (including phenoxy) is 2. The van der Waals surface area contributed by atoms with E-state index in [1.807, 2.05) is 43.4 Å². The third-order valence-corrected chi connectivity index (χ3v) is 5.01. The molecule has 6 heteroatoms. The van der Waals surface area contributed by atoms with Gasteiger partial charge in [0.1, 0.15) is 0 Å². The Balaban J connectivity index is 1.66. The third kappa shape index (κ3) is 3.95. The number of hydrogen-bond donors (Lipinski definition) is 1. The third-order valence-electron chi connectivity index (χ3n) is 5.01. The highest BCUT2D eigenvalue weighted by atomic mass is 16.5. The van der Waals surface area contributed by atoms with Crippen molar-refractivity contribution in [3.63, 3.8) is 0 Å². The van der Waals surface area contributed by atoms with Crippen molar-refractivity contribution in [1.82, 2.24) is 0 Å². The highest BCUT2D eigenvalue weighted by molar-refractivity contribution is 6.21. The Hall–Kier alpha value is -2.86. The zero-order valence-electron chi connectivity index (χ0n) is 15.9. The van der Waals surface area contributed by atoms with Gasteiger partial charge in [-0.1, -0.05) is 24.3 Å². The summed E-state index contributed by atoms with van der Waals surface area (Å²) in [4.78, 5) is 27.5. The maximum atomic E-state index is 12.8. The summed E-state index contributed by atoms with van der Waals surface area (Å²) in [7, 11) is 5.18. The molecule has 3 rings (SSSR count). The van der Waals surface area contributed by atoms with Gasteiger partial charge in [-0.3, -0.25) is 9.59 Å². The van der Waals surface area contributed by atoms with Crippen LogP contribution in [0.3, 0.4) is 0 Å². The molecular weight excluding hydrogens is 344 g/mol. The maximum Gasteiger partial charge on any atom is 0.292 e. The molecule has 0 saturated carbocycles. The minimum Gasteiger partial charge on any atom is -0.493 e. The average Bonchev–Trinajstić information content (AvgIpc) is 3.00. The largest absolute Gasteiger partial charge is 0.493 e. The first-order chi connectivity index (χ1) is 13.0. The fraction of sp³-hybridized carbons (Fsp3) is 0.333. The fourth-order valence-corrected chi connectivity index (χ4v) is 3.42. The lowest BCUT2D eigenvalue weighted by Gasteiger charge is -2.20. The van der Waals surface area contributed by atoms with Crippen molar-refractivity contribution >= 4 is 17.5 Å². The van der Waals surface area contributed by atoms with Crippen molar-refractivity contribution in [1.29, 1.82) is 0 Å². The Morgan fingerprint density at radius 2 is 1.74 bits per heavy atom. The molecule has 2 atom stereocenters. The second-order valence-corrected chi connectivity index (χ2v) is 6.70. The van der Waals surface area contributed by atoms with Gasteiger partial charge in [0, 0.05) is 6.42 Å². The molecule has 0 spiro atoms. The van der Waals surface area contributed by atoms with Gasteiger partial charge in [-0.2, -0.15) is 0 Å². The monoisotopic (exact) mass is 369 g/mol. The molecule has 2 aromatic carbocycles. The number of amides is 2. The molecule has 0 aromatic heterocycles. The molecule has 0 radical (unpaired) electrons. The van der Waals surface area contributed by atoms with Crippen LogP contribution in [-0.4, -0.2) is 45.7 Å². The number of carbonyl (C=O) groups excluding carboxylic acids is 2. The molecule has 1 heterocycles. The summed E-state index contributed by atoms with van der Waals surface area (Å²) in [6.07, 6.45) is 1.01. The number of benzene rings is 2. The van der Waals surface area contributed by atoms with E-state index in [1.54, 1.807) is 26.4 Å². The van der Waals surface area contributed by atoms with Crippen LogP contribution in [0, 0.1) is 0 Å². The number of para-hydroxylation sites is 1. The van der Waals surface area contributed by atoms with Crippen molar-refractivity contribution in [3.8, 4) is 11.5 Å². The lowest BCUT2D eigenvalue weighted by molar-refractivity contribution is -0.894. The number of rotatable bonds is 7. The quantitative estimate of drug-likeness (QED) is 0.743. The molecule has 0 bridgehead atoms. The van der Waals surface area contributed by atoms with Gasteiger partial charge < -0.3 is 14.4 Å². The molecule has 2 aromatic rings. The van der Waals surface area contributed by atoms with Gasteiger partial charge in [0.15, 0.2) is 17.5 Å². The standard InChI is InChI=1S/C21H24N2O4/c1-22(12-11-15-9-10-18(26-2)19(13-15)27-3)17-14-20(24)23(21(17)25)16-7-5-4-6-8-16/h4-10,13,17H,11-12,14H2,1-3H3/p+1/t17-/m0/s1. The molecule has 6 nitrogen and oxygen atoms in total. The summed E-state index contributed by atoms with van der Waals surface area (Å²) in [5.41, 5.74) is 1.74. The molecule has 2 amide bonds. The van der Waals surface area contributed by atoms with Gasteiger partial charge in [-0.05, 0) is 29.8 Å². The molecule has 1 saturated heterocycles. The number of carbonyl (C=O) groups is 2. The number of hydrogen-bond acceptors (Lipinski definition) is 4. The van der Waals surface area contributed by atoms with Gasteiger partial charge >= 0.3 is 0 Å². The smallest absolute Gasteiger partial charge is 0.292 e. The molecular formula is C21H25N2O4+. The second kappa shape index (κ2) is 8.22. The molecule has 0 aliphatic carbocycles. The van der Waals surface area contributed by atoms with E-state index in [4.69, 9.17) is 9.47 Å². The van der Waals surface area contributed by atoms with E-state index in [0.717, 1.165) is 23.4 Å². The Bertz CT molecular complexity index is 822. The van der Waals surface area contributed by atoms with Crippen LogP contribution in [-0.2, 0) is 16.0 Å². The minimum absolute atomic E-state index is 0.129. The zero-order valence-corrected chi connectivity index (χ0v) is 15.9. The van der Waals surface area contributed by atoms with Gasteiger partial charge in [0.05, 0.1) is 39.9 Å². The van der Waals surface area contributed by atoms with Crippen LogP contribution in [0.25, 0.3) is 0 Å². The molecule has 1 aliphatic rings. The van der Waals surface area contributed by atoms with Crippen molar-refractivity contribution < 1.29 is 24.0 Å². The Kier molecular flexibility index (Phi) is 5.76. The lowest BCUT2D eigenvalue weighted by Crippen LogP contribution is -3.14. The number of anilines is 1. The first-order valence-electron chi connectivity index (χ1n) is 9.00. The van der Waals surface area contributed by atoms with E-state index >= 15 is 0 Å². The highest BCUT2D eigenvalue weighted by Crippen LogP contribution is 2.27. The Morgan fingerprint density at radius 3 is 2.41 bits per heavy atom. The molecule has 1 unspecified atom stereocenters. The van der Waals surface area contributed by atoms with Crippen LogP contribution < -0.4 is 19.3 Å². The SMILES string of the molecule is COc1ccc(CC[NH+](C)[C@H]2CC(=O)N(c3ccccc3)C2=O)cc1OC. The van der Waals surface area contributed by atoms with E-state index in [1.165, 1.54) is 4.90 Å². The summed E-state index contributed by atoms with van der Waals surface area (Å²) < 4.78 is 10.6. The van der Waals surface area contributed by atoms with Crippen LogP contribution >= 0.6 is 0 Å². The minimum atomic E-state index is -0.349. The number of imide groups is 1. The zero-order chi connectivity index (χ0) is 19.4. The topological polar surface area (TPSA) is 60.3 Å². The number of nitrogens with one attached hydrogen (secondary N) is 1. The Labute approximate surface area is 159 Å². The van der Waals surface area contributed by atoms with Gasteiger partial charge in [0.2, 0.25) is 5.91 Å². The van der Waals surface area contributed by atoms with E-state index in [-0.39, 0.29) is 24.3 Å². The maximum absolute atomic E-state index is 12.8. The predicted molar refractivity (Wildman–Crippen MR) is 102 cm³/mol.